The summed E-state index contributed by atoms with van der Waals surface area (Å²) in [5.41, 5.74) is 10.7. The third-order valence-electron chi connectivity index (χ3n) is 5.73. The summed E-state index contributed by atoms with van der Waals surface area (Å²) in [6.45, 7) is 3.33. The SMILES string of the molecule is Cc1cc2c(N)nccc2c(C)c1CNC(=O)/C(C=NCc1cc(C(F)(F)F)cc(C(F)(F)F)c1)=C/N. The highest BCUT2D eigenvalue weighted by Crippen LogP contribution is 2.36. The number of pyridine rings is 1. The maximum Gasteiger partial charge on any atom is 0.416 e. The van der Waals surface area contributed by atoms with Crippen LogP contribution in [0.2, 0.25) is 0 Å². The van der Waals surface area contributed by atoms with E-state index in [2.05, 4.69) is 15.3 Å². The second kappa shape index (κ2) is 10.5. The average molecular weight is 523 g/mol. The number of carbonyl (C=O) groups excluding carboxylic acids is 1. The fraction of sp³-hybridized carbons (Fsp3) is 0.240. The molecule has 196 valence electrons. The number of nitrogens with zero attached hydrogens (tertiary/aromatic N) is 2. The summed E-state index contributed by atoms with van der Waals surface area (Å²) in [5, 5.41) is 4.35. The predicted octanol–water partition coefficient (Wildman–Crippen LogP) is 5.20. The number of benzene rings is 2. The van der Waals surface area contributed by atoms with E-state index in [9.17, 15) is 31.1 Å². The largest absolute Gasteiger partial charge is 0.416 e. The topological polar surface area (TPSA) is 106 Å². The number of halogens is 6. The molecule has 5 N–H and O–H groups in total. The van der Waals surface area contributed by atoms with E-state index in [1.54, 1.807) is 6.20 Å². The van der Waals surface area contributed by atoms with E-state index in [0.29, 0.717) is 18.0 Å². The molecule has 0 spiro atoms. The summed E-state index contributed by atoms with van der Waals surface area (Å²) in [6.07, 6.45) is -6.42. The van der Waals surface area contributed by atoms with E-state index in [0.717, 1.165) is 39.9 Å². The smallest absolute Gasteiger partial charge is 0.404 e. The van der Waals surface area contributed by atoms with E-state index in [-0.39, 0.29) is 23.7 Å². The van der Waals surface area contributed by atoms with Gasteiger partial charge in [0.25, 0.3) is 5.91 Å². The summed E-state index contributed by atoms with van der Waals surface area (Å²) in [6, 6.07) is 4.85. The molecule has 0 saturated heterocycles. The third kappa shape index (κ3) is 6.38. The van der Waals surface area contributed by atoms with Crippen LogP contribution in [-0.2, 0) is 30.2 Å². The first-order chi connectivity index (χ1) is 17.2. The van der Waals surface area contributed by atoms with Crippen LogP contribution in [0, 0.1) is 13.8 Å². The van der Waals surface area contributed by atoms with E-state index >= 15 is 0 Å². The fourth-order valence-electron chi connectivity index (χ4n) is 3.81. The van der Waals surface area contributed by atoms with Crippen LogP contribution in [-0.4, -0.2) is 17.1 Å². The second-order valence-electron chi connectivity index (χ2n) is 8.28. The lowest BCUT2D eigenvalue weighted by Gasteiger charge is -2.15. The third-order valence-corrected chi connectivity index (χ3v) is 5.73. The number of anilines is 1. The van der Waals surface area contributed by atoms with Gasteiger partial charge in [-0.1, -0.05) is 0 Å². The van der Waals surface area contributed by atoms with Gasteiger partial charge in [-0.05, 0) is 71.8 Å². The van der Waals surface area contributed by atoms with Gasteiger partial charge in [0.15, 0.2) is 0 Å². The van der Waals surface area contributed by atoms with Gasteiger partial charge in [0, 0.05) is 30.5 Å². The van der Waals surface area contributed by atoms with E-state index in [1.807, 2.05) is 26.0 Å². The molecule has 1 aromatic heterocycles. The molecule has 0 aliphatic rings. The Hall–Kier alpha value is -4.09. The van der Waals surface area contributed by atoms with Gasteiger partial charge >= 0.3 is 12.4 Å². The van der Waals surface area contributed by atoms with Crippen molar-refractivity contribution in [1.82, 2.24) is 10.3 Å². The monoisotopic (exact) mass is 523 g/mol. The number of hydrogen-bond donors (Lipinski definition) is 3. The van der Waals surface area contributed by atoms with Gasteiger partial charge in [-0.15, -0.1) is 0 Å². The van der Waals surface area contributed by atoms with Crippen molar-refractivity contribution in [1.29, 1.82) is 0 Å². The van der Waals surface area contributed by atoms with Gasteiger partial charge in [-0.3, -0.25) is 9.79 Å². The number of aliphatic imine (C=N–C) groups is 1. The van der Waals surface area contributed by atoms with Crippen LogP contribution in [0.5, 0.6) is 0 Å². The Morgan fingerprint density at radius 1 is 1.03 bits per heavy atom. The molecule has 2 aromatic carbocycles. The molecule has 3 aromatic rings. The van der Waals surface area contributed by atoms with E-state index in [1.165, 1.54) is 0 Å². The number of nitrogens with two attached hydrogens (primary N) is 2. The number of hydrogen-bond acceptors (Lipinski definition) is 5. The van der Waals surface area contributed by atoms with Crippen LogP contribution in [0.25, 0.3) is 10.8 Å². The molecule has 0 unspecified atom stereocenters. The van der Waals surface area contributed by atoms with Crippen molar-refractivity contribution in [2.24, 2.45) is 10.7 Å². The number of nitrogens with one attached hydrogen (secondary N) is 1. The summed E-state index contributed by atoms with van der Waals surface area (Å²) in [4.78, 5) is 20.5. The standard InChI is InChI=1S/C25H23F6N5O/c1-13-5-20-19(3-4-35-22(20)33)14(2)21(13)12-36-23(37)16(9-32)11-34-10-15-6-17(24(26,27)28)8-18(7-15)25(29,30)31/h3-9,11H,10,12,32H2,1-2H3,(H2,33,35)(H,36,37)/b16-9+,34-11?. The highest BCUT2D eigenvalue weighted by molar-refractivity contribution is 6.12. The van der Waals surface area contributed by atoms with Gasteiger partial charge in [-0.25, -0.2) is 4.98 Å². The summed E-state index contributed by atoms with van der Waals surface area (Å²) < 4.78 is 78.2. The molecule has 37 heavy (non-hydrogen) atoms. The molecule has 0 atom stereocenters. The Kier molecular flexibility index (Phi) is 7.80. The number of aryl methyl sites for hydroxylation is 2. The number of fused-ring (bicyclic) bond motifs is 1. The molecule has 0 saturated carbocycles. The van der Waals surface area contributed by atoms with Crippen molar-refractivity contribution in [2.75, 3.05) is 5.73 Å². The number of amides is 1. The summed E-state index contributed by atoms with van der Waals surface area (Å²) in [7, 11) is 0. The Labute approximate surface area is 208 Å². The number of carbonyl (C=O) groups is 1. The van der Waals surface area contributed by atoms with Gasteiger partial charge in [0.05, 0.1) is 23.2 Å². The second-order valence-corrected chi connectivity index (χ2v) is 8.28. The number of rotatable bonds is 6. The molecule has 1 amide bonds. The molecular weight excluding hydrogens is 500 g/mol. The minimum Gasteiger partial charge on any atom is -0.404 e. The normalized spacial score (nSPS) is 12.9. The first kappa shape index (κ1) is 27.5. The summed E-state index contributed by atoms with van der Waals surface area (Å²) in [5.74, 6) is -0.244. The predicted molar refractivity (Wildman–Crippen MR) is 128 cm³/mol. The maximum absolute atomic E-state index is 13.0. The van der Waals surface area contributed by atoms with Gasteiger partial charge in [0.2, 0.25) is 0 Å². The van der Waals surface area contributed by atoms with Gasteiger partial charge in [0.1, 0.15) is 5.82 Å². The molecule has 1 heterocycles. The molecule has 0 aliphatic carbocycles. The van der Waals surface area contributed by atoms with Crippen LogP contribution in [0.15, 0.2) is 53.3 Å². The lowest BCUT2D eigenvalue weighted by atomic mass is 9.96. The lowest BCUT2D eigenvalue weighted by Crippen LogP contribution is -2.26. The van der Waals surface area contributed by atoms with Crippen molar-refractivity contribution in [3.63, 3.8) is 0 Å². The number of alkyl halides is 6. The van der Waals surface area contributed by atoms with Crippen molar-refractivity contribution in [3.05, 3.63) is 81.7 Å². The molecule has 6 nitrogen and oxygen atoms in total. The molecule has 3 rings (SSSR count). The van der Waals surface area contributed by atoms with Crippen LogP contribution in [0.3, 0.4) is 0 Å². The number of nitrogen functional groups attached to an aromatic ring is 1. The molecule has 0 radical (unpaired) electrons. The van der Waals surface area contributed by atoms with Gasteiger partial charge in [-0.2, -0.15) is 26.3 Å². The van der Waals surface area contributed by atoms with E-state index < -0.39 is 35.9 Å². The summed E-state index contributed by atoms with van der Waals surface area (Å²) >= 11 is 0. The quantitative estimate of drug-likeness (QED) is 0.235. The zero-order valence-corrected chi connectivity index (χ0v) is 19.8. The highest BCUT2D eigenvalue weighted by Gasteiger charge is 2.36. The Morgan fingerprint density at radius 2 is 1.65 bits per heavy atom. The zero-order chi connectivity index (χ0) is 27.5. The Bertz CT molecular complexity index is 1360. The Morgan fingerprint density at radius 3 is 2.22 bits per heavy atom. The molecule has 12 heteroatoms. The highest BCUT2D eigenvalue weighted by atomic mass is 19.4. The van der Waals surface area contributed by atoms with Crippen molar-refractivity contribution >= 4 is 28.7 Å². The first-order valence-corrected chi connectivity index (χ1v) is 10.8. The molecule has 0 bridgehead atoms. The average Bonchev–Trinajstić information content (AvgIpc) is 2.81. The van der Waals surface area contributed by atoms with Gasteiger partial charge < -0.3 is 16.8 Å². The minimum absolute atomic E-state index is 0.0352. The lowest BCUT2D eigenvalue weighted by molar-refractivity contribution is -0.143. The fourth-order valence-corrected chi connectivity index (χ4v) is 3.81. The maximum atomic E-state index is 13.0. The van der Waals surface area contributed by atoms with Crippen molar-refractivity contribution in [2.45, 2.75) is 39.3 Å². The van der Waals surface area contributed by atoms with Crippen LogP contribution >= 0.6 is 0 Å². The Balaban J connectivity index is 1.75. The molecular formula is C25H23F6N5O. The minimum atomic E-state index is -4.97. The van der Waals surface area contributed by atoms with Crippen LogP contribution < -0.4 is 16.8 Å². The van der Waals surface area contributed by atoms with Crippen LogP contribution in [0.1, 0.15) is 33.4 Å². The first-order valence-electron chi connectivity index (χ1n) is 10.8. The molecule has 0 aliphatic heterocycles. The number of aromatic nitrogens is 1. The molecule has 0 fully saturated rings. The van der Waals surface area contributed by atoms with E-state index in [4.69, 9.17) is 11.5 Å². The van der Waals surface area contributed by atoms with Crippen molar-refractivity contribution < 1.29 is 31.1 Å². The van der Waals surface area contributed by atoms with Crippen molar-refractivity contribution in [3.8, 4) is 0 Å². The zero-order valence-electron chi connectivity index (χ0n) is 19.8. The van der Waals surface area contributed by atoms with Crippen LogP contribution in [0.4, 0.5) is 32.2 Å².